The number of halogens is 2. The number of nitrogens with two attached hydrogens (primary N) is 1. The number of anilines is 3. The Morgan fingerprint density at radius 1 is 0.657 bits per heavy atom. The van der Waals surface area contributed by atoms with Crippen molar-refractivity contribution in [3.8, 4) is 22.8 Å². The third-order valence-corrected chi connectivity index (χ3v) is 11.9. The first kappa shape index (κ1) is 46.5. The molecule has 2 aliphatic rings. The molecule has 0 radical (unpaired) electrons. The summed E-state index contributed by atoms with van der Waals surface area (Å²) in [7, 11) is 0. The summed E-state index contributed by atoms with van der Waals surface area (Å²) in [6, 6.07) is 22.2. The Bertz CT molecular complexity index is 2870. The van der Waals surface area contributed by atoms with Crippen LogP contribution in [-0.2, 0) is 4.74 Å². The molecule has 0 spiro atoms. The van der Waals surface area contributed by atoms with Crippen molar-refractivity contribution in [2.24, 2.45) is 5.73 Å². The van der Waals surface area contributed by atoms with E-state index < -0.39 is 17.7 Å². The maximum absolute atomic E-state index is 12.9. The van der Waals surface area contributed by atoms with Gasteiger partial charge in [-0.3, -0.25) is 20.3 Å². The van der Waals surface area contributed by atoms with Crippen molar-refractivity contribution in [1.82, 2.24) is 51.0 Å². The van der Waals surface area contributed by atoms with Gasteiger partial charge in [0.1, 0.15) is 28.4 Å². The highest BCUT2D eigenvalue weighted by molar-refractivity contribution is 6.33. The summed E-state index contributed by atoms with van der Waals surface area (Å²) < 4.78 is 5.27. The van der Waals surface area contributed by atoms with E-state index in [0.29, 0.717) is 56.0 Å². The molecule has 0 unspecified atom stereocenters. The number of carbonyl (C=O) groups excluding carboxylic acids is 3. The summed E-state index contributed by atoms with van der Waals surface area (Å²) in [5.74, 6) is 0.799. The predicted octanol–water partition coefficient (Wildman–Crippen LogP) is 9.24. The molecule has 0 saturated heterocycles. The second kappa shape index (κ2) is 20.6. The number of rotatable bonds is 10. The number of hydrogen-bond donors (Lipinski definition) is 8. The molecule has 9 N–H and O–H groups in total. The van der Waals surface area contributed by atoms with E-state index in [9.17, 15) is 14.4 Å². The molecular formula is C47H52Cl2N14O4. The van der Waals surface area contributed by atoms with Crippen LogP contribution in [0.15, 0.2) is 85.2 Å². The van der Waals surface area contributed by atoms with E-state index in [2.05, 4.69) is 66.9 Å². The molecule has 9 rings (SSSR count). The van der Waals surface area contributed by atoms with Crippen LogP contribution in [0.25, 0.3) is 44.6 Å². The SMILES string of the molecule is CC(C)(C)OC(=O)Nc1ccc(C(=O)N[C@H]2CCC[C@@H](Nc3ncc(Cl)c(-c4n[nH]c5ccccc45)n3)C2)cc1.NC(=O)N[C@H]1CCC[C@@H](Nc2ncc(Cl)c(-c3n[nH]c4ccccc34)n2)C1. The molecule has 4 heterocycles. The minimum Gasteiger partial charge on any atom is -0.444 e. The lowest BCUT2D eigenvalue weighted by molar-refractivity contribution is 0.0635. The number of benzene rings is 3. The van der Waals surface area contributed by atoms with Crippen LogP contribution in [0.4, 0.5) is 27.2 Å². The van der Waals surface area contributed by atoms with Gasteiger partial charge in [-0.05, 0) is 109 Å². The molecule has 67 heavy (non-hydrogen) atoms. The number of primary amides is 1. The van der Waals surface area contributed by atoms with E-state index in [1.165, 1.54) is 0 Å². The average Bonchev–Trinajstić information content (AvgIpc) is 3.93. The number of aromatic amines is 2. The number of ether oxygens (including phenoxy) is 1. The Morgan fingerprint density at radius 2 is 1.13 bits per heavy atom. The van der Waals surface area contributed by atoms with Crippen molar-refractivity contribution in [1.29, 1.82) is 0 Å². The van der Waals surface area contributed by atoms with Crippen molar-refractivity contribution in [2.75, 3.05) is 16.0 Å². The molecule has 4 amide bonds. The minimum atomic E-state index is -0.590. The Morgan fingerprint density at radius 3 is 1.63 bits per heavy atom. The van der Waals surface area contributed by atoms with E-state index in [0.717, 1.165) is 73.2 Å². The van der Waals surface area contributed by atoms with Gasteiger partial charge in [0, 0.05) is 46.2 Å². The van der Waals surface area contributed by atoms with Gasteiger partial charge in [0.15, 0.2) is 0 Å². The van der Waals surface area contributed by atoms with Crippen LogP contribution in [0, 0.1) is 0 Å². The first-order valence-corrected chi connectivity index (χ1v) is 22.9. The van der Waals surface area contributed by atoms with E-state index in [1.54, 1.807) is 57.4 Å². The highest BCUT2D eigenvalue weighted by Gasteiger charge is 2.27. The topological polar surface area (TPSA) is 256 Å². The van der Waals surface area contributed by atoms with Crippen LogP contribution in [0.1, 0.15) is 82.5 Å². The molecule has 0 aliphatic heterocycles. The van der Waals surface area contributed by atoms with Crippen LogP contribution in [0.3, 0.4) is 0 Å². The Balaban J connectivity index is 0.000000196. The Labute approximate surface area is 396 Å². The quantitative estimate of drug-likeness (QED) is 0.0639. The van der Waals surface area contributed by atoms with Gasteiger partial charge in [0.25, 0.3) is 5.91 Å². The number of H-pyrrole nitrogens is 2. The molecule has 7 aromatic rings. The summed E-state index contributed by atoms with van der Waals surface area (Å²) in [4.78, 5) is 54.0. The van der Waals surface area contributed by atoms with Crippen molar-refractivity contribution >= 4 is 80.6 Å². The monoisotopic (exact) mass is 946 g/mol. The number of amides is 4. The van der Waals surface area contributed by atoms with E-state index in [4.69, 9.17) is 33.7 Å². The maximum Gasteiger partial charge on any atom is 0.412 e. The average molecular weight is 948 g/mol. The maximum atomic E-state index is 12.9. The van der Waals surface area contributed by atoms with E-state index >= 15 is 0 Å². The minimum absolute atomic E-state index is 0.000342. The number of nitrogens with zero attached hydrogens (tertiary/aromatic N) is 6. The largest absolute Gasteiger partial charge is 0.444 e. The molecule has 2 aliphatic carbocycles. The van der Waals surface area contributed by atoms with Gasteiger partial charge < -0.3 is 31.7 Å². The second-order valence-electron chi connectivity index (χ2n) is 17.6. The standard InChI is InChI=1S/C29H32ClN7O3.C18H20ClN7O/c1-29(2,3)40-28(39)34-18-13-11-17(12-14-18)26(38)32-19-7-6-8-20(15-19)33-27-31-16-22(30)25(35-27)24-21-9-4-5-10-23(21)36-37-24;19-13-9-21-18(23-11-5-3-4-10(8-11)22-17(20)27)24-16(13)15-12-6-1-2-7-14(12)25-26-15/h4-5,9-14,16,19-20H,6-8,15H2,1-3H3,(H,32,38)(H,34,39)(H,36,37)(H,31,33,35);1-2,6-7,9-11H,3-5,8H2,(H,25,26)(H3,20,22,27)(H,21,23,24)/t19-,20+;10-,11+/m00/s1. The first-order chi connectivity index (χ1) is 32.2. The smallest absolute Gasteiger partial charge is 0.412 e. The van der Waals surface area contributed by atoms with Gasteiger partial charge in [0.2, 0.25) is 11.9 Å². The molecule has 4 aromatic heterocycles. The highest BCUT2D eigenvalue weighted by Crippen LogP contribution is 2.33. The second-order valence-corrected chi connectivity index (χ2v) is 18.4. The Hall–Kier alpha value is -7.05. The fraction of sp³-hybridized carbons (Fsp3) is 0.340. The van der Waals surface area contributed by atoms with Crippen LogP contribution in [-0.4, -0.2) is 88.1 Å². The Kier molecular flexibility index (Phi) is 14.3. The molecule has 0 bridgehead atoms. The molecule has 4 atom stereocenters. The molecule has 18 nitrogen and oxygen atoms in total. The fourth-order valence-corrected chi connectivity index (χ4v) is 8.72. The van der Waals surface area contributed by atoms with Gasteiger partial charge in [-0.1, -0.05) is 59.6 Å². The number of fused-ring (bicyclic) bond motifs is 2. The van der Waals surface area contributed by atoms with Crippen molar-refractivity contribution in [3.05, 3.63) is 101 Å². The normalized spacial score (nSPS) is 18.3. The number of nitrogens with one attached hydrogen (secondary N) is 7. The van der Waals surface area contributed by atoms with Gasteiger partial charge in [-0.15, -0.1) is 0 Å². The highest BCUT2D eigenvalue weighted by atomic mass is 35.5. The summed E-state index contributed by atoms with van der Waals surface area (Å²) in [6.07, 6.45) is 9.79. The number of aromatic nitrogens is 8. The molecule has 20 heteroatoms. The van der Waals surface area contributed by atoms with Gasteiger partial charge >= 0.3 is 12.1 Å². The zero-order valence-electron chi connectivity index (χ0n) is 37.2. The summed E-state index contributed by atoms with van der Waals surface area (Å²) in [5.41, 5.74) is 10.0. The predicted molar refractivity (Wildman–Crippen MR) is 260 cm³/mol. The molecule has 2 saturated carbocycles. The van der Waals surface area contributed by atoms with Crippen LogP contribution in [0.5, 0.6) is 0 Å². The number of para-hydroxylation sites is 2. The van der Waals surface area contributed by atoms with Crippen molar-refractivity contribution in [3.63, 3.8) is 0 Å². The van der Waals surface area contributed by atoms with E-state index in [1.807, 2.05) is 48.5 Å². The molecule has 348 valence electrons. The fourth-order valence-electron chi connectivity index (χ4n) is 8.36. The molecular weight excluding hydrogens is 896 g/mol. The third kappa shape index (κ3) is 12.1. The summed E-state index contributed by atoms with van der Waals surface area (Å²) in [5, 5.41) is 32.9. The lowest BCUT2D eigenvalue weighted by Gasteiger charge is -2.30. The zero-order chi connectivity index (χ0) is 47.1. The summed E-state index contributed by atoms with van der Waals surface area (Å²) >= 11 is 12.8. The van der Waals surface area contributed by atoms with Gasteiger partial charge in [-0.25, -0.2) is 29.5 Å². The number of urea groups is 1. The first-order valence-electron chi connectivity index (χ1n) is 22.2. The van der Waals surface area contributed by atoms with E-state index in [-0.39, 0.29) is 30.1 Å². The lowest BCUT2D eigenvalue weighted by atomic mass is 9.91. The zero-order valence-corrected chi connectivity index (χ0v) is 38.7. The van der Waals surface area contributed by atoms with Crippen LogP contribution < -0.4 is 32.3 Å². The number of hydrogen-bond acceptors (Lipinski definition) is 12. The van der Waals surface area contributed by atoms with Gasteiger partial charge in [-0.2, -0.15) is 10.2 Å². The number of carbonyl (C=O) groups is 3. The van der Waals surface area contributed by atoms with Crippen LogP contribution >= 0.6 is 23.2 Å². The lowest BCUT2D eigenvalue weighted by Crippen LogP contribution is -2.44. The molecule has 2 fully saturated rings. The third-order valence-electron chi connectivity index (χ3n) is 11.4. The van der Waals surface area contributed by atoms with Crippen LogP contribution in [0.2, 0.25) is 10.0 Å². The summed E-state index contributed by atoms with van der Waals surface area (Å²) in [6.45, 7) is 5.40. The van der Waals surface area contributed by atoms with Gasteiger partial charge in [0.05, 0.1) is 33.5 Å². The van der Waals surface area contributed by atoms with Crippen molar-refractivity contribution < 1.29 is 19.1 Å². The van der Waals surface area contributed by atoms with Crippen molar-refractivity contribution in [2.45, 2.75) is 102 Å². The molecule has 3 aromatic carbocycles.